The van der Waals surface area contributed by atoms with E-state index in [0.29, 0.717) is 39.6 Å². The van der Waals surface area contributed by atoms with Crippen LogP contribution in [0.25, 0.3) is 21.8 Å². The molecule has 2 heterocycles. The molecule has 0 aliphatic rings. The van der Waals surface area contributed by atoms with Gasteiger partial charge in [-0.2, -0.15) is 0 Å². The maximum Gasteiger partial charge on any atom is 0.162 e. The van der Waals surface area contributed by atoms with Crippen LogP contribution in [0.1, 0.15) is 11.1 Å². The first kappa shape index (κ1) is 23.3. The van der Waals surface area contributed by atoms with Gasteiger partial charge in [0.05, 0.1) is 38.5 Å². The Balaban J connectivity index is 1.41. The van der Waals surface area contributed by atoms with Crippen molar-refractivity contribution in [2.24, 2.45) is 0 Å². The summed E-state index contributed by atoms with van der Waals surface area (Å²) in [6.45, 7) is -0.344. The standard InChI is InChI=1S/C28H25N3O5/c1-34-27-13-21-23(7-9-29-25(21)14-28(27)35-2)31-19-3-5-20(6-4-19)36-26-8-10-30-24-12-18(16-33)17(15-32)11-22(24)26/h3-14,32-33H,15-16H2,1-2H3,(H,29,31). The molecule has 5 aromatic rings. The largest absolute Gasteiger partial charge is 0.493 e. The first-order valence-electron chi connectivity index (χ1n) is 11.3. The fourth-order valence-electron chi connectivity index (χ4n) is 4.11. The summed E-state index contributed by atoms with van der Waals surface area (Å²) in [5.41, 5.74) is 4.51. The van der Waals surface area contributed by atoms with Crippen molar-refractivity contribution in [3.05, 3.63) is 84.2 Å². The van der Waals surface area contributed by atoms with E-state index in [1.807, 2.05) is 42.5 Å². The van der Waals surface area contributed by atoms with Crippen LogP contribution in [0.2, 0.25) is 0 Å². The number of fused-ring (bicyclic) bond motifs is 2. The highest BCUT2D eigenvalue weighted by Crippen LogP contribution is 2.36. The van der Waals surface area contributed by atoms with Gasteiger partial charge in [0.15, 0.2) is 11.5 Å². The third-order valence-corrected chi connectivity index (χ3v) is 5.97. The lowest BCUT2D eigenvalue weighted by atomic mass is 10.0. The minimum absolute atomic E-state index is 0.167. The number of anilines is 2. The summed E-state index contributed by atoms with van der Waals surface area (Å²) in [6, 6.07) is 18.6. The van der Waals surface area contributed by atoms with Gasteiger partial charge in [0.25, 0.3) is 0 Å². The highest BCUT2D eigenvalue weighted by molar-refractivity contribution is 5.95. The number of ether oxygens (including phenoxy) is 3. The second-order valence-corrected chi connectivity index (χ2v) is 8.10. The molecule has 0 saturated heterocycles. The van der Waals surface area contributed by atoms with Crippen LogP contribution in [-0.2, 0) is 13.2 Å². The van der Waals surface area contributed by atoms with Crippen LogP contribution < -0.4 is 19.5 Å². The maximum atomic E-state index is 9.67. The normalized spacial score (nSPS) is 11.0. The lowest BCUT2D eigenvalue weighted by molar-refractivity contribution is 0.260. The molecule has 0 bridgehead atoms. The number of aliphatic hydroxyl groups excluding tert-OH is 2. The Morgan fingerprint density at radius 3 is 2.03 bits per heavy atom. The number of hydrogen-bond acceptors (Lipinski definition) is 8. The van der Waals surface area contributed by atoms with Crippen molar-refractivity contribution in [3.8, 4) is 23.0 Å². The number of hydrogen-bond donors (Lipinski definition) is 3. The second kappa shape index (κ2) is 10.1. The average Bonchev–Trinajstić information content (AvgIpc) is 2.92. The third-order valence-electron chi connectivity index (χ3n) is 5.97. The molecule has 0 unspecified atom stereocenters. The van der Waals surface area contributed by atoms with Gasteiger partial charge in [-0.05, 0) is 65.7 Å². The van der Waals surface area contributed by atoms with E-state index in [0.717, 1.165) is 27.7 Å². The van der Waals surface area contributed by atoms with Crippen molar-refractivity contribution in [2.75, 3.05) is 19.5 Å². The van der Waals surface area contributed by atoms with Crippen LogP contribution in [-0.4, -0.2) is 34.4 Å². The van der Waals surface area contributed by atoms with Crippen LogP contribution in [0.4, 0.5) is 11.4 Å². The number of aliphatic hydroxyl groups is 2. The summed E-state index contributed by atoms with van der Waals surface area (Å²) in [4.78, 5) is 8.82. The van der Waals surface area contributed by atoms with Gasteiger partial charge in [-0.3, -0.25) is 9.97 Å². The van der Waals surface area contributed by atoms with E-state index in [1.165, 1.54) is 0 Å². The van der Waals surface area contributed by atoms with E-state index >= 15 is 0 Å². The molecule has 5 rings (SSSR count). The topological polar surface area (TPSA) is 106 Å². The lowest BCUT2D eigenvalue weighted by Gasteiger charge is -2.14. The molecule has 3 aromatic carbocycles. The van der Waals surface area contributed by atoms with Gasteiger partial charge in [-0.25, -0.2) is 0 Å². The zero-order valence-corrected chi connectivity index (χ0v) is 19.9. The molecule has 0 radical (unpaired) electrons. The molecule has 0 aliphatic carbocycles. The summed E-state index contributed by atoms with van der Waals surface area (Å²) in [6.07, 6.45) is 3.40. The fraction of sp³-hybridized carbons (Fsp3) is 0.143. The van der Waals surface area contributed by atoms with Gasteiger partial charge in [-0.1, -0.05) is 0 Å². The number of pyridine rings is 2. The van der Waals surface area contributed by atoms with Crippen molar-refractivity contribution in [1.82, 2.24) is 9.97 Å². The third kappa shape index (κ3) is 4.47. The number of nitrogens with zero attached hydrogens (tertiary/aromatic N) is 2. The van der Waals surface area contributed by atoms with Crippen LogP contribution in [0.3, 0.4) is 0 Å². The molecule has 3 N–H and O–H groups in total. The van der Waals surface area contributed by atoms with Gasteiger partial charge in [0, 0.05) is 40.6 Å². The first-order chi connectivity index (χ1) is 17.6. The molecule has 8 heteroatoms. The van der Waals surface area contributed by atoms with E-state index in [-0.39, 0.29) is 13.2 Å². The van der Waals surface area contributed by atoms with Gasteiger partial charge < -0.3 is 29.7 Å². The van der Waals surface area contributed by atoms with E-state index in [2.05, 4.69) is 15.3 Å². The lowest BCUT2D eigenvalue weighted by Crippen LogP contribution is -1.97. The maximum absolute atomic E-state index is 9.67. The van der Waals surface area contributed by atoms with E-state index in [4.69, 9.17) is 14.2 Å². The quantitative estimate of drug-likeness (QED) is 0.272. The fourth-order valence-corrected chi connectivity index (χ4v) is 4.11. The smallest absolute Gasteiger partial charge is 0.162 e. The number of nitrogens with one attached hydrogen (secondary N) is 1. The van der Waals surface area contributed by atoms with E-state index < -0.39 is 0 Å². The summed E-state index contributed by atoms with van der Waals surface area (Å²) < 4.78 is 17.0. The molecular formula is C28H25N3O5. The van der Waals surface area contributed by atoms with Crippen molar-refractivity contribution in [2.45, 2.75) is 13.2 Å². The highest BCUT2D eigenvalue weighted by Gasteiger charge is 2.12. The summed E-state index contributed by atoms with van der Waals surface area (Å²) >= 11 is 0. The molecular weight excluding hydrogens is 458 g/mol. The van der Waals surface area contributed by atoms with Crippen LogP contribution >= 0.6 is 0 Å². The van der Waals surface area contributed by atoms with E-state index in [1.54, 1.807) is 44.8 Å². The SMILES string of the molecule is COc1cc2nccc(Nc3ccc(Oc4ccnc5cc(CO)c(CO)cc45)cc3)c2cc1OC. The summed E-state index contributed by atoms with van der Waals surface area (Å²) in [5, 5.41) is 24.3. The Morgan fingerprint density at radius 2 is 1.33 bits per heavy atom. The molecule has 0 amide bonds. The Hall–Kier alpha value is -4.40. The molecule has 0 aliphatic heterocycles. The number of aromatic nitrogens is 2. The molecule has 8 nitrogen and oxygen atoms in total. The Labute approximate surface area is 207 Å². The number of rotatable bonds is 8. The first-order valence-corrected chi connectivity index (χ1v) is 11.3. The van der Waals surface area contributed by atoms with E-state index in [9.17, 15) is 10.2 Å². The molecule has 0 spiro atoms. The Morgan fingerprint density at radius 1 is 0.694 bits per heavy atom. The number of benzene rings is 3. The van der Waals surface area contributed by atoms with Crippen LogP contribution in [0, 0.1) is 0 Å². The average molecular weight is 484 g/mol. The van der Waals surface area contributed by atoms with Crippen molar-refractivity contribution >= 4 is 33.2 Å². The van der Waals surface area contributed by atoms with Gasteiger partial charge in [-0.15, -0.1) is 0 Å². The monoisotopic (exact) mass is 483 g/mol. The van der Waals surface area contributed by atoms with Crippen molar-refractivity contribution in [1.29, 1.82) is 0 Å². The van der Waals surface area contributed by atoms with Gasteiger partial charge in [0.2, 0.25) is 0 Å². The summed E-state index contributed by atoms with van der Waals surface area (Å²) in [7, 11) is 3.20. The van der Waals surface area contributed by atoms with Crippen molar-refractivity contribution < 1.29 is 24.4 Å². The predicted octanol–water partition coefficient (Wildman–Crippen LogP) is 5.32. The predicted molar refractivity (Wildman–Crippen MR) is 138 cm³/mol. The zero-order chi connectivity index (χ0) is 25.1. The molecule has 182 valence electrons. The number of methoxy groups -OCH3 is 2. The van der Waals surface area contributed by atoms with Gasteiger partial charge in [0.1, 0.15) is 11.5 Å². The molecule has 0 atom stereocenters. The summed E-state index contributed by atoms with van der Waals surface area (Å²) in [5.74, 6) is 2.51. The highest BCUT2D eigenvalue weighted by atomic mass is 16.5. The molecule has 0 saturated carbocycles. The molecule has 2 aromatic heterocycles. The van der Waals surface area contributed by atoms with Crippen molar-refractivity contribution in [3.63, 3.8) is 0 Å². The Kier molecular flexibility index (Phi) is 6.53. The molecule has 0 fully saturated rings. The second-order valence-electron chi connectivity index (χ2n) is 8.10. The van der Waals surface area contributed by atoms with Crippen LogP contribution in [0.15, 0.2) is 73.1 Å². The van der Waals surface area contributed by atoms with Crippen LogP contribution in [0.5, 0.6) is 23.0 Å². The van der Waals surface area contributed by atoms with Gasteiger partial charge >= 0.3 is 0 Å². The molecule has 36 heavy (non-hydrogen) atoms. The zero-order valence-electron chi connectivity index (χ0n) is 19.9. The minimum atomic E-state index is -0.178. The Bertz CT molecular complexity index is 1420. The minimum Gasteiger partial charge on any atom is -0.493 e.